The van der Waals surface area contributed by atoms with Crippen molar-refractivity contribution in [3.8, 4) is 0 Å². The lowest BCUT2D eigenvalue weighted by Gasteiger charge is -2.46. The van der Waals surface area contributed by atoms with Crippen molar-refractivity contribution in [2.45, 2.75) is 38.3 Å². The quantitative estimate of drug-likeness (QED) is 0.839. The minimum absolute atomic E-state index is 0.00257. The number of benzene rings is 1. The average Bonchev–Trinajstić information content (AvgIpc) is 2.59. The van der Waals surface area contributed by atoms with Gasteiger partial charge in [0.1, 0.15) is 0 Å². The second-order valence-electron chi connectivity index (χ2n) is 6.34. The van der Waals surface area contributed by atoms with Gasteiger partial charge in [-0.1, -0.05) is 43.2 Å². The molecule has 0 spiro atoms. The van der Waals surface area contributed by atoms with Gasteiger partial charge in [0.05, 0.1) is 19.1 Å². The first-order chi connectivity index (χ1) is 11.2. The van der Waals surface area contributed by atoms with Gasteiger partial charge in [-0.2, -0.15) is 0 Å². The predicted octanol–water partition coefficient (Wildman–Crippen LogP) is 2.66. The summed E-state index contributed by atoms with van der Waals surface area (Å²) in [6, 6.07) is 9.58. The van der Waals surface area contributed by atoms with E-state index in [4.69, 9.17) is 4.74 Å². The second kappa shape index (κ2) is 7.13. The molecule has 1 heterocycles. The summed E-state index contributed by atoms with van der Waals surface area (Å²) in [6.45, 7) is 1.41. The van der Waals surface area contributed by atoms with Crippen molar-refractivity contribution in [2.24, 2.45) is 5.92 Å². The lowest BCUT2D eigenvalue weighted by Crippen LogP contribution is -2.62. The van der Waals surface area contributed by atoms with Gasteiger partial charge in [0.2, 0.25) is 5.91 Å². The zero-order valence-corrected chi connectivity index (χ0v) is 13.6. The third-order valence-corrected chi connectivity index (χ3v) is 4.91. The standard InChI is InChI=1S/C18H24N2O3/c1-23-12-11-19-16-10-6-5-9-15(16)17(21)20(18(19)22)13-14-7-3-2-4-8-14/h2-4,7-8,15-16H,5-6,9-13H2,1H3. The van der Waals surface area contributed by atoms with Gasteiger partial charge in [-0.25, -0.2) is 4.79 Å². The SMILES string of the molecule is COCCN1C(=O)N(Cc2ccccc2)C(=O)C2CCCCC21. The van der Waals surface area contributed by atoms with Gasteiger partial charge in [0, 0.05) is 19.7 Å². The molecule has 0 aromatic heterocycles. The van der Waals surface area contributed by atoms with E-state index in [1.165, 1.54) is 4.90 Å². The molecule has 1 aliphatic carbocycles. The predicted molar refractivity (Wildman–Crippen MR) is 86.7 cm³/mol. The van der Waals surface area contributed by atoms with E-state index in [1.807, 2.05) is 35.2 Å². The number of hydrogen-bond acceptors (Lipinski definition) is 3. The number of methoxy groups -OCH3 is 1. The van der Waals surface area contributed by atoms with Gasteiger partial charge in [-0.05, 0) is 18.4 Å². The Kier molecular flexibility index (Phi) is 4.96. The minimum Gasteiger partial charge on any atom is -0.383 e. The van der Waals surface area contributed by atoms with Gasteiger partial charge in [0.25, 0.3) is 0 Å². The van der Waals surface area contributed by atoms with Crippen molar-refractivity contribution < 1.29 is 14.3 Å². The van der Waals surface area contributed by atoms with Crippen LogP contribution in [0.15, 0.2) is 30.3 Å². The van der Waals surface area contributed by atoms with Crippen molar-refractivity contribution in [1.82, 2.24) is 9.80 Å². The van der Waals surface area contributed by atoms with Crippen LogP contribution in [-0.2, 0) is 16.1 Å². The van der Waals surface area contributed by atoms with E-state index in [0.29, 0.717) is 19.7 Å². The number of imide groups is 1. The van der Waals surface area contributed by atoms with Crippen LogP contribution in [0.1, 0.15) is 31.2 Å². The Balaban J connectivity index is 1.83. The topological polar surface area (TPSA) is 49.9 Å². The van der Waals surface area contributed by atoms with E-state index in [-0.39, 0.29) is 23.9 Å². The average molecular weight is 316 g/mol. The van der Waals surface area contributed by atoms with E-state index in [1.54, 1.807) is 7.11 Å². The summed E-state index contributed by atoms with van der Waals surface area (Å²) >= 11 is 0. The van der Waals surface area contributed by atoms with Crippen molar-refractivity contribution in [3.05, 3.63) is 35.9 Å². The first-order valence-corrected chi connectivity index (χ1v) is 8.37. The van der Waals surface area contributed by atoms with E-state index >= 15 is 0 Å². The maximum absolute atomic E-state index is 12.9. The molecule has 3 amide bonds. The first-order valence-electron chi connectivity index (χ1n) is 8.37. The monoisotopic (exact) mass is 316 g/mol. The molecule has 1 saturated heterocycles. The number of amides is 3. The van der Waals surface area contributed by atoms with Crippen LogP contribution in [0, 0.1) is 5.92 Å². The third-order valence-electron chi connectivity index (χ3n) is 4.91. The smallest absolute Gasteiger partial charge is 0.327 e. The molecule has 2 atom stereocenters. The summed E-state index contributed by atoms with van der Waals surface area (Å²) in [5, 5.41) is 0. The molecular weight excluding hydrogens is 292 g/mol. The summed E-state index contributed by atoms with van der Waals surface area (Å²) in [4.78, 5) is 29.0. The lowest BCUT2D eigenvalue weighted by molar-refractivity contribution is -0.141. The zero-order chi connectivity index (χ0) is 16.2. The number of nitrogens with zero attached hydrogens (tertiary/aromatic N) is 2. The van der Waals surface area contributed by atoms with Crippen LogP contribution in [0.5, 0.6) is 0 Å². The molecule has 0 radical (unpaired) electrons. The van der Waals surface area contributed by atoms with Crippen LogP contribution in [-0.4, -0.2) is 48.0 Å². The number of hydrogen-bond donors (Lipinski definition) is 0. The fraction of sp³-hybridized carbons (Fsp3) is 0.556. The molecule has 5 heteroatoms. The van der Waals surface area contributed by atoms with E-state index in [0.717, 1.165) is 31.2 Å². The largest absolute Gasteiger partial charge is 0.383 e. The highest BCUT2D eigenvalue weighted by molar-refractivity contribution is 5.98. The number of carbonyl (C=O) groups is 2. The maximum atomic E-state index is 12.9. The van der Waals surface area contributed by atoms with Gasteiger partial charge in [0.15, 0.2) is 0 Å². The van der Waals surface area contributed by atoms with Gasteiger partial charge < -0.3 is 9.64 Å². The fourth-order valence-electron chi connectivity index (χ4n) is 3.73. The number of urea groups is 1. The lowest BCUT2D eigenvalue weighted by atomic mass is 9.81. The fourth-order valence-corrected chi connectivity index (χ4v) is 3.73. The Morgan fingerprint density at radius 1 is 1.13 bits per heavy atom. The maximum Gasteiger partial charge on any atom is 0.327 e. The highest BCUT2D eigenvalue weighted by Gasteiger charge is 2.46. The van der Waals surface area contributed by atoms with Crippen LogP contribution in [0.3, 0.4) is 0 Å². The number of fused-ring (bicyclic) bond motifs is 1. The Bertz CT molecular complexity index is 561. The van der Waals surface area contributed by atoms with Crippen molar-refractivity contribution >= 4 is 11.9 Å². The Hall–Kier alpha value is -1.88. The number of carbonyl (C=O) groups excluding carboxylic acids is 2. The molecule has 2 aliphatic rings. The van der Waals surface area contributed by atoms with Crippen molar-refractivity contribution in [3.63, 3.8) is 0 Å². The number of ether oxygens (including phenoxy) is 1. The molecule has 23 heavy (non-hydrogen) atoms. The molecule has 0 N–H and O–H groups in total. The molecule has 124 valence electrons. The molecule has 2 unspecified atom stereocenters. The highest BCUT2D eigenvalue weighted by atomic mass is 16.5. The summed E-state index contributed by atoms with van der Waals surface area (Å²) < 4.78 is 5.16. The minimum atomic E-state index is -0.168. The van der Waals surface area contributed by atoms with Crippen LogP contribution in [0.25, 0.3) is 0 Å². The Morgan fingerprint density at radius 3 is 2.61 bits per heavy atom. The summed E-state index contributed by atoms with van der Waals surface area (Å²) in [5.41, 5.74) is 0.982. The number of rotatable bonds is 5. The Morgan fingerprint density at radius 2 is 1.87 bits per heavy atom. The normalized spacial score (nSPS) is 24.7. The molecule has 3 rings (SSSR count). The first kappa shape index (κ1) is 16.0. The van der Waals surface area contributed by atoms with E-state index < -0.39 is 0 Å². The molecular formula is C18H24N2O3. The van der Waals surface area contributed by atoms with Gasteiger partial charge >= 0.3 is 6.03 Å². The van der Waals surface area contributed by atoms with Gasteiger partial charge in [-0.3, -0.25) is 9.69 Å². The summed E-state index contributed by atoms with van der Waals surface area (Å²) in [7, 11) is 1.64. The van der Waals surface area contributed by atoms with E-state index in [2.05, 4.69) is 0 Å². The third kappa shape index (κ3) is 3.24. The molecule has 1 aromatic carbocycles. The molecule has 1 aromatic rings. The summed E-state index contributed by atoms with van der Waals surface area (Å²) in [6.07, 6.45) is 3.96. The zero-order valence-electron chi connectivity index (χ0n) is 13.6. The molecule has 5 nitrogen and oxygen atoms in total. The molecule has 1 saturated carbocycles. The molecule has 2 fully saturated rings. The van der Waals surface area contributed by atoms with Crippen molar-refractivity contribution in [1.29, 1.82) is 0 Å². The molecule has 1 aliphatic heterocycles. The van der Waals surface area contributed by atoms with Gasteiger partial charge in [-0.15, -0.1) is 0 Å². The van der Waals surface area contributed by atoms with Crippen LogP contribution < -0.4 is 0 Å². The second-order valence-corrected chi connectivity index (χ2v) is 6.34. The highest BCUT2D eigenvalue weighted by Crippen LogP contribution is 2.34. The summed E-state index contributed by atoms with van der Waals surface area (Å²) in [5.74, 6) is -0.0563. The van der Waals surface area contributed by atoms with Crippen molar-refractivity contribution in [2.75, 3.05) is 20.3 Å². The van der Waals surface area contributed by atoms with Crippen LogP contribution >= 0.6 is 0 Å². The van der Waals surface area contributed by atoms with E-state index in [9.17, 15) is 9.59 Å². The Labute approximate surface area is 137 Å². The van der Waals surface area contributed by atoms with Crippen LogP contribution in [0.2, 0.25) is 0 Å². The van der Waals surface area contributed by atoms with Crippen LogP contribution in [0.4, 0.5) is 4.79 Å². The molecule has 0 bridgehead atoms.